The molecule has 0 saturated heterocycles. The monoisotopic (exact) mass is 559 g/mol. The van der Waals surface area contributed by atoms with Crippen molar-refractivity contribution in [2.45, 2.75) is 30.1 Å². The Morgan fingerprint density at radius 3 is 2.03 bits per heavy atom. The Balaban J connectivity index is 1.68. The molecule has 0 saturated carbocycles. The van der Waals surface area contributed by atoms with Crippen molar-refractivity contribution in [2.24, 2.45) is 0 Å². The minimum Gasteiger partial charge on any atom is -0.492 e. The van der Waals surface area contributed by atoms with Crippen molar-refractivity contribution >= 4 is 31.6 Å². The van der Waals surface area contributed by atoms with Gasteiger partial charge in [-0.15, -0.1) is 0 Å². The molecule has 0 aliphatic carbocycles. The van der Waals surface area contributed by atoms with Gasteiger partial charge in [-0.2, -0.15) is 0 Å². The van der Waals surface area contributed by atoms with Crippen LogP contribution in [-0.4, -0.2) is 60.8 Å². The van der Waals surface area contributed by atoms with Crippen LogP contribution in [-0.2, 0) is 31.3 Å². The summed E-state index contributed by atoms with van der Waals surface area (Å²) in [6.45, 7) is 3.64. The van der Waals surface area contributed by atoms with Gasteiger partial charge in [-0.3, -0.25) is 9.10 Å². The summed E-state index contributed by atoms with van der Waals surface area (Å²) in [5.74, 6) is -0.0416. The normalized spacial score (nSPS) is 11.8. The van der Waals surface area contributed by atoms with Crippen LogP contribution in [0.3, 0.4) is 0 Å². The molecule has 9 nitrogen and oxygen atoms in total. The third kappa shape index (κ3) is 6.91. The van der Waals surface area contributed by atoms with Gasteiger partial charge in [0.25, 0.3) is 10.0 Å². The van der Waals surface area contributed by atoms with E-state index in [-0.39, 0.29) is 22.9 Å². The molecule has 0 radical (unpaired) electrons. The summed E-state index contributed by atoms with van der Waals surface area (Å²) in [7, 11) is -4.63. The highest BCUT2D eigenvalue weighted by Crippen LogP contribution is 2.27. The van der Waals surface area contributed by atoms with E-state index in [4.69, 9.17) is 4.74 Å². The number of benzene rings is 3. The van der Waals surface area contributed by atoms with E-state index in [9.17, 15) is 21.6 Å². The van der Waals surface area contributed by atoms with E-state index >= 15 is 0 Å². The molecule has 0 atom stereocenters. The predicted octanol–water partition coefficient (Wildman–Crippen LogP) is 3.20. The second kappa shape index (κ2) is 12.4. The number of rotatable bonds is 12. The zero-order valence-electron chi connectivity index (χ0n) is 21.9. The third-order valence-corrected chi connectivity index (χ3v) is 9.44. The van der Waals surface area contributed by atoms with Gasteiger partial charge < -0.3 is 10.1 Å². The van der Waals surface area contributed by atoms with Crippen LogP contribution in [0.1, 0.15) is 18.1 Å². The largest absolute Gasteiger partial charge is 0.492 e. The molecule has 0 aliphatic heterocycles. The van der Waals surface area contributed by atoms with Crippen LogP contribution in [0.25, 0.3) is 0 Å². The van der Waals surface area contributed by atoms with E-state index in [1.54, 1.807) is 24.3 Å². The number of aryl methyl sites for hydroxylation is 2. The molecule has 0 fully saturated rings. The minimum atomic E-state index is -4.01. The molecular formula is C27H33N3O6S2. The van der Waals surface area contributed by atoms with Crippen LogP contribution in [0.2, 0.25) is 0 Å². The van der Waals surface area contributed by atoms with Crippen molar-refractivity contribution in [1.29, 1.82) is 0 Å². The summed E-state index contributed by atoms with van der Waals surface area (Å²) in [6.07, 6.45) is 0.597. The van der Waals surface area contributed by atoms with E-state index in [2.05, 4.69) is 5.32 Å². The van der Waals surface area contributed by atoms with Gasteiger partial charge in [0.2, 0.25) is 15.9 Å². The number of ether oxygens (including phenoxy) is 1. The number of sulfonamides is 2. The highest BCUT2D eigenvalue weighted by atomic mass is 32.2. The predicted molar refractivity (Wildman–Crippen MR) is 147 cm³/mol. The Hall–Kier alpha value is -3.41. The highest BCUT2D eigenvalue weighted by Gasteiger charge is 2.28. The first-order chi connectivity index (χ1) is 18.0. The van der Waals surface area contributed by atoms with E-state index in [0.29, 0.717) is 17.9 Å². The van der Waals surface area contributed by atoms with Gasteiger partial charge in [-0.1, -0.05) is 42.8 Å². The average Bonchev–Trinajstić information content (AvgIpc) is 2.90. The Bertz CT molecular complexity index is 1450. The standard InChI is InChI=1S/C27H33N3O6S2/c1-5-22-8-6-7-9-26(22)30(38(34,35)25-14-10-21(2)11-15-25)20-27(31)28-18-19-36-23-12-16-24(17-13-23)37(32,33)29(3)4/h6-17H,5,18-20H2,1-4H3,(H,28,31). The molecule has 3 rings (SSSR count). The summed E-state index contributed by atoms with van der Waals surface area (Å²) in [5, 5.41) is 2.70. The molecule has 0 bridgehead atoms. The maximum absolute atomic E-state index is 13.6. The van der Waals surface area contributed by atoms with Crippen LogP contribution in [0.4, 0.5) is 5.69 Å². The molecule has 0 aliphatic rings. The average molecular weight is 560 g/mol. The van der Waals surface area contributed by atoms with E-state index < -0.39 is 32.5 Å². The Morgan fingerprint density at radius 2 is 1.42 bits per heavy atom. The number of amides is 1. The molecule has 0 spiro atoms. The second-order valence-corrected chi connectivity index (χ2v) is 12.8. The van der Waals surface area contributed by atoms with Crippen molar-refractivity contribution in [1.82, 2.24) is 9.62 Å². The van der Waals surface area contributed by atoms with E-state index in [1.165, 1.54) is 50.5 Å². The number of nitrogens with one attached hydrogen (secondary N) is 1. The maximum Gasteiger partial charge on any atom is 0.264 e. The fourth-order valence-electron chi connectivity index (χ4n) is 3.65. The molecule has 1 N–H and O–H groups in total. The van der Waals surface area contributed by atoms with Gasteiger partial charge in [0.05, 0.1) is 22.0 Å². The summed E-state index contributed by atoms with van der Waals surface area (Å²) >= 11 is 0. The van der Waals surface area contributed by atoms with Crippen LogP contribution in [0, 0.1) is 6.92 Å². The van der Waals surface area contributed by atoms with Gasteiger partial charge in [-0.05, 0) is 61.4 Å². The SMILES string of the molecule is CCc1ccccc1N(CC(=O)NCCOc1ccc(S(=O)(=O)N(C)C)cc1)S(=O)(=O)c1ccc(C)cc1. The highest BCUT2D eigenvalue weighted by molar-refractivity contribution is 7.92. The van der Waals surface area contributed by atoms with Crippen molar-refractivity contribution < 1.29 is 26.4 Å². The number of hydrogen-bond donors (Lipinski definition) is 1. The number of nitrogens with zero attached hydrogens (tertiary/aromatic N) is 2. The van der Waals surface area contributed by atoms with Crippen LogP contribution in [0.15, 0.2) is 82.6 Å². The first-order valence-corrected chi connectivity index (χ1v) is 14.9. The molecule has 11 heteroatoms. The first kappa shape index (κ1) is 29.2. The van der Waals surface area contributed by atoms with Gasteiger partial charge >= 0.3 is 0 Å². The quantitative estimate of drug-likeness (QED) is 0.341. The number of para-hydroxylation sites is 1. The van der Waals surface area contributed by atoms with E-state index in [1.807, 2.05) is 26.0 Å². The Morgan fingerprint density at radius 1 is 0.842 bits per heavy atom. The number of carbonyl (C=O) groups is 1. The molecule has 0 aromatic heterocycles. The maximum atomic E-state index is 13.6. The fourth-order valence-corrected chi connectivity index (χ4v) is 6.01. The lowest BCUT2D eigenvalue weighted by Gasteiger charge is -2.26. The van der Waals surface area contributed by atoms with Gasteiger partial charge in [0.15, 0.2) is 0 Å². The van der Waals surface area contributed by atoms with E-state index in [0.717, 1.165) is 19.7 Å². The Labute approximate surface area is 225 Å². The zero-order valence-corrected chi connectivity index (χ0v) is 23.6. The van der Waals surface area contributed by atoms with Crippen LogP contribution < -0.4 is 14.4 Å². The molecule has 38 heavy (non-hydrogen) atoms. The molecule has 1 amide bonds. The topological polar surface area (TPSA) is 113 Å². The third-order valence-electron chi connectivity index (χ3n) is 5.83. The number of carbonyl (C=O) groups excluding carboxylic acids is 1. The summed E-state index contributed by atoms with van der Waals surface area (Å²) in [4.78, 5) is 13.1. The van der Waals surface area contributed by atoms with Crippen molar-refractivity contribution in [3.05, 3.63) is 83.9 Å². The molecule has 0 unspecified atom stereocenters. The Kier molecular flexibility index (Phi) is 9.53. The second-order valence-electron chi connectivity index (χ2n) is 8.76. The summed E-state index contributed by atoms with van der Waals surface area (Å²) in [5.41, 5.74) is 2.19. The van der Waals surface area contributed by atoms with Crippen molar-refractivity contribution in [2.75, 3.05) is 38.1 Å². The van der Waals surface area contributed by atoms with Crippen molar-refractivity contribution in [3.8, 4) is 5.75 Å². The summed E-state index contributed by atoms with van der Waals surface area (Å²) < 4.78 is 59.4. The number of anilines is 1. The molecule has 3 aromatic rings. The molecule has 204 valence electrons. The molecule has 3 aromatic carbocycles. The van der Waals surface area contributed by atoms with Gasteiger partial charge in [-0.25, -0.2) is 21.1 Å². The zero-order chi connectivity index (χ0) is 27.9. The lowest BCUT2D eigenvalue weighted by Crippen LogP contribution is -2.42. The first-order valence-electron chi connectivity index (χ1n) is 12.1. The lowest BCUT2D eigenvalue weighted by molar-refractivity contribution is -0.119. The van der Waals surface area contributed by atoms with Crippen LogP contribution >= 0.6 is 0 Å². The van der Waals surface area contributed by atoms with Gasteiger partial charge in [0, 0.05) is 14.1 Å². The lowest BCUT2D eigenvalue weighted by atomic mass is 10.1. The smallest absolute Gasteiger partial charge is 0.264 e. The van der Waals surface area contributed by atoms with Crippen LogP contribution in [0.5, 0.6) is 5.75 Å². The molecular weight excluding hydrogens is 526 g/mol. The molecule has 0 heterocycles. The number of hydrogen-bond acceptors (Lipinski definition) is 6. The minimum absolute atomic E-state index is 0.102. The fraction of sp³-hybridized carbons (Fsp3) is 0.296. The van der Waals surface area contributed by atoms with Gasteiger partial charge in [0.1, 0.15) is 18.9 Å². The van der Waals surface area contributed by atoms with Crippen molar-refractivity contribution in [3.63, 3.8) is 0 Å². The summed E-state index contributed by atoms with van der Waals surface area (Å²) in [6, 6.07) is 19.6.